The summed E-state index contributed by atoms with van der Waals surface area (Å²) in [4.78, 5) is 16.1. The number of esters is 1. The standard InChI is InChI=1S/C17H25NO5/c1-12-9-15(11-18-5-7-22-8-6-19)10-13(2)16(12)23-17(20)14(3)21-4/h9-11,14,19H,5-8H2,1-4H3. The molecule has 6 heteroatoms. The van der Waals surface area contributed by atoms with Gasteiger partial charge in [-0.15, -0.1) is 0 Å². The molecule has 23 heavy (non-hydrogen) atoms. The van der Waals surface area contributed by atoms with E-state index in [-0.39, 0.29) is 6.61 Å². The molecule has 0 heterocycles. The Bertz CT molecular complexity index is 519. The van der Waals surface area contributed by atoms with Gasteiger partial charge in [-0.1, -0.05) is 0 Å². The van der Waals surface area contributed by atoms with Crippen LogP contribution in [0.5, 0.6) is 5.75 Å². The topological polar surface area (TPSA) is 77.4 Å². The fourth-order valence-corrected chi connectivity index (χ4v) is 1.95. The molecule has 0 aliphatic carbocycles. The first-order chi connectivity index (χ1) is 11.0. The molecule has 1 rings (SSSR count). The number of carbonyl (C=O) groups excluding carboxylic acids is 1. The second-order valence-corrected chi connectivity index (χ2v) is 5.15. The summed E-state index contributed by atoms with van der Waals surface area (Å²) in [7, 11) is 1.47. The Morgan fingerprint density at radius 1 is 1.30 bits per heavy atom. The van der Waals surface area contributed by atoms with Gasteiger partial charge in [0.2, 0.25) is 0 Å². The minimum atomic E-state index is -0.603. The number of hydrogen-bond acceptors (Lipinski definition) is 6. The van der Waals surface area contributed by atoms with Gasteiger partial charge in [0.15, 0.2) is 6.10 Å². The molecule has 0 saturated heterocycles. The molecular formula is C17H25NO5. The number of aliphatic hydroxyl groups excluding tert-OH is 1. The normalized spacial score (nSPS) is 12.6. The van der Waals surface area contributed by atoms with Crippen LogP contribution in [0.3, 0.4) is 0 Å². The molecule has 1 aromatic carbocycles. The van der Waals surface area contributed by atoms with E-state index >= 15 is 0 Å². The van der Waals surface area contributed by atoms with E-state index < -0.39 is 12.1 Å². The van der Waals surface area contributed by atoms with E-state index in [4.69, 9.17) is 19.3 Å². The Morgan fingerprint density at radius 2 is 1.96 bits per heavy atom. The molecule has 0 spiro atoms. The van der Waals surface area contributed by atoms with Crippen molar-refractivity contribution in [3.63, 3.8) is 0 Å². The van der Waals surface area contributed by atoms with Crippen LogP contribution in [0.15, 0.2) is 17.1 Å². The lowest BCUT2D eigenvalue weighted by atomic mass is 10.1. The van der Waals surface area contributed by atoms with Crippen LogP contribution in [0, 0.1) is 13.8 Å². The number of methoxy groups -OCH3 is 1. The van der Waals surface area contributed by atoms with Crippen LogP contribution in [-0.2, 0) is 14.3 Å². The number of aliphatic hydroxyl groups is 1. The summed E-state index contributed by atoms with van der Waals surface area (Å²) >= 11 is 0. The number of aryl methyl sites for hydroxylation is 2. The average molecular weight is 323 g/mol. The van der Waals surface area contributed by atoms with Gasteiger partial charge < -0.3 is 19.3 Å². The monoisotopic (exact) mass is 323 g/mol. The van der Waals surface area contributed by atoms with Gasteiger partial charge in [-0.05, 0) is 49.6 Å². The van der Waals surface area contributed by atoms with E-state index in [2.05, 4.69) is 4.99 Å². The highest BCUT2D eigenvalue weighted by molar-refractivity contribution is 5.82. The molecule has 1 atom stereocenters. The maximum absolute atomic E-state index is 11.8. The maximum Gasteiger partial charge on any atom is 0.340 e. The van der Waals surface area contributed by atoms with E-state index in [1.807, 2.05) is 26.0 Å². The first-order valence-corrected chi connectivity index (χ1v) is 7.53. The first-order valence-electron chi connectivity index (χ1n) is 7.53. The van der Waals surface area contributed by atoms with Crippen LogP contribution in [0.2, 0.25) is 0 Å². The molecule has 128 valence electrons. The SMILES string of the molecule is COC(C)C(=O)Oc1c(C)cc(C=NCCOCCO)cc1C. The fraction of sp³-hybridized carbons (Fsp3) is 0.529. The molecule has 0 radical (unpaired) electrons. The minimum Gasteiger partial charge on any atom is -0.424 e. The fourth-order valence-electron chi connectivity index (χ4n) is 1.95. The lowest BCUT2D eigenvalue weighted by Crippen LogP contribution is -2.25. The zero-order valence-electron chi connectivity index (χ0n) is 14.2. The number of aliphatic imine (C=N–C) groups is 1. The van der Waals surface area contributed by atoms with Crippen molar-refractivity contribution < 1.29 is 24.1 Å². The quantitative estimate of drug-likeness (QED) is 0.324. The van der Waals surface area contributed by atoms with Crippen LogP contribution in [0.4, 0.5) is 0 Å². The van der Waals surface area contributed by atoms with Crippen molar-refractivity contribution in [1.29, 1.82) is 0 Å². The number of carbonyl (C=O) groups is 1. The highest BCUT2D eigenvalue weighted by Crippen LogP contribution is 2.25. The van der Waals surface area contributed by atoms with Gasteiger partial charge in [0.05, 0.1) is 26.4 Å². The maximum atomic E-state index is 11.8. The third kappa shape index (κ3) is 6.48. The molecular weight excluding hydrogens is 298 g/mol. The van der Waals surface area contributed by atoms with E-state index in [0.717, 1.165) is 16.7 Å². The average Bonchev–Trinajstić information content (AvgIpc) is 2.53. The predicted octanol–water partition coefficient (Wildman–Crippen LogP) is 1.67. The van der Waals surface area contributed by atoms with Crippen LogP contribution < -0.4 is 4.74 Å². The summed E-state index contributed by atoms with van der Waals surface area (Å²) < 4.78 is 15.5. The van der Waals surface area contributed by atoms with Gasteiger partial charge in [-0.3, -0.25) is 4.99 Å². The van der Waals surface area contributed by atoms with Crippen molar-refractivity contribution in [3.05, 3.63) is 28.8 Å². The Morgan fingerprint density at radius 3 is 2.52 bits per heavy atom. The van der Waals surface area contributed by atoms with Gasteiger partial charge in [0, 0.05) is 13.3 Å². The summed E-state index contributed by atoms with van der Waals surface area (Å²) in [5.74, 6) is 0.142. The minimum absolute atomic E-state index is 0.0178. The lowest BCUT2D eigenvalue weighted by Gasteiger charge is -2.14. The smallest absolute Gasteiger partial charge is 0.340 e. The van der Waals surface area contributed by atoms with E-state index in [0.29, 0.717) is 25.5 Å². The number of benzene rings is 1. The molecule has 0 bridgehead atoms. The largest absolute Gasteiger partial charge is 0.424 e. The van der Waals surface area contributed by atoms with E-state index in [1.165, 1.54) is 7.11 Å². The Kier molecular flexibility index (Phi) is 8.47. The number of nitrogens with zero attached hydrogens (tertiary/aromatic N) is 1. The molecule has 0 amide bonds. The van der Waals surface area contributed by atoms with E-state index in [9.17, 15) is 4.79 Å². The van der Waals surface area contributed by atoms with Gasteiger partial charge in [-0.2, -0.15) is 0 Å². The number of rotatable bonds is 9. The van der Waals surface area contributed by atoms with Crippen molar-refractivity contribution >= 4 is 12.2 Å². The zero-order chi connectivity index (χ0) is 17.2. The van der Waals surface area contributed by atoms with Crippen molar-refractivity contribution in [2.75, 3.05) is 33.5 Å². The molecule has 1 aromatic rings. The van der Waals surface area contributed by atoms with Crippen molar-refractivity contribution in [2.24, 2.45) is 4.99 Å². The highest BCUT2D eigenvalue weighted by atomic mass is 16.6. The Labute approximate surface area is 137 Å². The third-order valence-electron chi connectivity index (χ3n) is 3.21. The molecule has 0 aliphatic heterocycles. The van der Waals surface area contributed by atoms with Gasteiger partial charge in [0.1, 0.15) is 5.75 Å². The van der Waals surface area contributed by atoms with Crippen LogP contribution in [0.25, 0.3) is 0 Å². The first kappa shape index (κ1) is 19.3. The van der Waals surface area contributed by atoms with Crippen molar-refractivity contribution in [1.82, 2.24) is 0 Å². The van der Waals surface area contributed by atoms with E-state index in [1.54, 1.807) is 13.1 Å². The molecule has 1 N–H and O–H groups in total. The predicted molar refractivity (Wildman–Crippen MR) is 88.4 cm³/mol. The van der Waals surface area contributed by atoms with Crippen LogP contribution in [0.1, 0.15) is 23.6 Å². The van der Waals surface area contributed by atoms with Crippen LogP contribution in [-0.4, -0.2) is 56.9 Å². The summed E-state index contributed by atoms with van der Waals surface area (Å²) in [6.45, 7) is 6.76. The molecule has 6 nitrogen and oxygen atoms in total. The van der Waals surface area contributed by atoms with Crippen LogP contribution >= 0.6 is 0 Å². The zero-order valence-corrected chi connectivity index (χ0v) is 14.2. The second-order valence-electron chi connectivity index (χ2n) is 5.15. The highest BCUT2D eigenvalue weighted by Gasteiger charge is 2.17. The molecule has 0 aromatic heterocycles. The summed E-state index contributed by atoms with van der Waals surface area (Å²) in [6, 6.07) is 3.82. The lowest BCUT2D eigenvalue weighted by molar-refractivity contribution is -0.144. The van der Waals surface area contributed by atoms with Gasteiger partial charge >= 0.3 is 5.97 Å². The summed E-state index contributed by atoms with van der Waals surface area (Å²) in [5, 5.41) is 8.59. The summed E-state index contributed by atoms with van der Waals surface area (Å²) in [5.41, 5.74) is 2.65. The van der Waals surface area contributed by atoms with Gasteiger partial charge in [0.25, 0.3) is 0 Å². The molecule has 0 aliphatic rings. The van der Waals surface area contributed by atoms with Gasteiger partial charge in [-0.25, -0.2) is 4.79 Å². The number of ether oxygens (including phenoxy) is 3. The van der Waals surface area contributed by atoms with Crippen molar-refractivity contribution in [3.8, 4) is 5.75 Å². The van der Waals surface area contributed by atoms with Crippen molar-refractivity contribution in [2.45, 2.75) is 26.9 Å². The second kappa shape index (κ2) is 10.1. The molecule has 1 unspecified atom stereocenters. The Balaban J connectivity index is 2.69. The Hall–Kier alpha value is -1.76. The number of hydrogen-bond donors (Lipinski definition) is 1. The third-order valence-corrected chi connectivity index (χ3v) is 3.21. The molecule has 0 saturated carbocycles. The molecule has 0 fully saturated rings. The summed E-state index contributed by atoms with van der Waals surface area (Å²) in [6.07, 6.45) is 1.15.